The van der Waals surface area contributed by atoms with Crippen LogP contribution in [-0.4, -0.2) is 32.3 Å². The molecule has 0 saturated carbocycles. The number of aliphatic carboxylic acids is 1. The number of hydrogen-bond acceptors (Lipinski definition) is 6. The highest BCUT2D eigenvalue weighted by Gasteiger charge is 2.21. The summed E-state index contributed by atoms with van der Waals surface area (Å²) in [5, 5.41) is 8.87. The lowest BCUT2D eigenvalue weighted by molar-refractivity contribution is -0.136. The SMILES string of the molecule is CC(C)N(Cc1ccccc1OCc1cc(CCC(=O)O)sn1)C(=O)c1ccc(-c2ccco2)cc1. The predicted molar refractivity (Wildman–Crippen MR) is 138 cm³/mol. The van der Waals surface area contributed by atoms with Crippen LogP contribution in [0.4, 0.5) is 0 Å². The molecule has 0 spiro atoms. The van der Waals surface area contributed by atoms with Gasteiger partial charge in [-0.2, -0.15) is 4.37 Å². The predicted octanol–water partition coefficient (Wildman–Crippen LogP) is 6.05. The summed E-state index contributed by atoms with van der Waals surface area (Å²) in [5.41, 5.74) is 3.17. The summed E-state index contributed by atoms with van der Waals surface area (Å²) in [6.07, 6.45) is 2.16. The standard InChI is InChI=1S/C28H28N2O5S/c1-19(2)30(28(33)21-11-9-20(10-12-21)25-8-5-15-34-25)17-22-6-3-4-7-26(22)35-18-23-16-24(36-29-23)13-14-27(31)32/h3-12,15-16,19H,13-14,17-18H2,1-2H3,(H,31,32). The largest absolute Gasteiger partial charge is 0.487 e. The van der Waals surface area contributed by atoms with Crippen molar-refractivity contribution >= 4 is 23.4 Å². The number of carbonyl (C=O) groups is 2. The topological polar surface area (TPSA) is 92.9 Å². The molecular formula is C28H28N2O5S. The van der Waals surface area contributed by atoms with Crippen molar-refractivity contribution in [2.45, 2.75) is 45.9 Å². The molecule has 0 unspecified atom stereocenters. The normalized spacial score (nSPS) is 11.0. The molecule has 1 amide bonds. The lowest BCUT2D eigenvalue weighted by Gasteiger charge is -2.28. The Morgan fingerprint density at radius 2 is 1.86 bits per heavy atom. The van der Waals surface area contributed by atoms with Crippen LogP contribution < -0.4 is 4.74 Å². The second kappa shape index (κ2) is 11.7. The molecule has 186 valence electrons. The number of carboxylic acid groups (broad SMARTS) is 1. The van der Waals surface area contributed by atoms with Crippen LogP contribution in [-0.2, 0) is 24.4 Å². The maximum atomic E-state index is 13.4. The van der Waals surface area contributed by atoms with E-state index in [1.165, 1.54) is 11.5 Å². The molecule has 0 bridgehead atoms. The van der Waals surface area contributed by atoms with Crippen molar-refractivity contribution in [2.24, 2.45) is 0 Å². The van der Waals surface area contributed by atoms with Crippen molar-refractivity contribution in [2.75, 3.05) is 0 Å². The zero-order valence-electron chi connectivity index (χ0n) is 20.2. The lowest BCUT2D eigenvalue weighted by Crippen LogP contribution is -2.36. The fourth-order valence-corrected chi connectivity index (χ4v) is 4.48. The molecule has 0 fully saturated rings. The number of hydrogen-bond donors (Lipinski definition) is 1. The Balaban J connectivity index is 1.44. The van der Waals surface area contributed by atoms with E-state index < -0.39 is 5.97 Å². The summed E-state index contributed by atoms with van der Waals surface area (Å²) in [4.78, 5) is 26.9. The number of carbonyl (C=O) groups excluding carboxylic acids is 1. The molecule has 2 heterocycles. The molecule has 36 heavy (non-hydrogen) atoms. The molecule has 4 rings (SSSR count). The molecule has 0 aliphatic heterocycles. The number of aromatic nitrogens is 1. The van der Waals surface area contributed by atoms with E-state index >= 15 is 0 Å². The van der Waals surface area contributed by atoms with E-state index in [1.54, 1.807) is 6.26 Å². The van der Waals surface area contributed by atoms with Gasteiger partial charge in [-0.3, -0.25) is 9.59 Å². The first-order valence-corrected chi connectivity index (χ1v) is 12.5. The van der Waals surface area contributed by atoms with Crippen molar-refractivity contribution in [3.63, 3.8) is 0 Å². The minimum absolute atomic E-state index is 0.0226. The summed E-state index contributed by atoms with van der Waals surface area (Å²) in [6, 6.07) is 20.7. The molecule has 8 heteroatoms. The third kappa shape index (κ3) is 6.40. The van der Waals surface area contributed by atoms with Gasteiger partial charge in [0, 0.05) is 34.2 Å². The monoisotopic (exact) mass is 504 g/mol. The van der Waals surface area contributed by atoms with Crippen LogP contribution in [0.2, 0.25) is 0 Å². The number of carboxylic acids is 1. The number of aryl methyl sites for hydroxylation is 1. The van der Waals surface area contributed by atoms with E-state index in [4.69, 9.17) is 14.3 Å². The lowest BCUT2D eigenvalue weighted by atomic mass is 10.1. The molecule has 2 aromatic heterocycles. The summed E-state index contributed by atoms with van der Waals surface area (Å²) in [5.74, 6) is 0.556. The minimum atomic E-state index is -0.826. The van der Waals surface area contributed by atoms with Crippen LogP contribution in [0.5, 0.6) is 5.75 Å². The Bertz CT molecular complexity index is 1300. The van der Waals surface area contributed by atoms with Gasteiger partial charge in [-0.05, 0) is 68.2 Å². The highest BCUT2D eigenvalue weighted by atomic mass is 32.1. The fraction of sp³-hybridized carbons (Fsp3) is 0.250. The van der Waals surface area contributed by atoms with Crippen LogP contribution in [0.3, 0.4) is 0 Å². The second-order valence-electron chi connectivity index (χ2n) is 8.66. The number of ether oxygens (including phenoxy) is 1. The summed E-state index contributed by atoms with van der Waals surface area (Å²) in [7, 11) is 0. The summed E-state index contributed by atoms with van der Waals surface area (Å²) in [6.45, 7) is 4.65. The minimum Gasteiger partial charge on any atom is -0.487 e. The summed E-state index contributed by atoms with van der Waals surface area (Å²) >= 11 is 1.29. The van der Waals surface area contributed by atoms with Gasteiger partial charge in [-0.25, -0.2) is 0 Å². The fourth-order valence-electron chi connectivity index (χ4n) is 3.76. The van der Waals surface area contributed by atoms with Gasteiger partial charge in [0.2, 0.25) is 0 Å². The van der Waals surface area contributed by atoms with E-state index in [0.717, 1.165) is 27.5 Å². The third-order valence-corrected chi connectivity index (χ3v) is 6.59. The molecule has 0 atom stereocenters. The number of furan rings is 1. The number of rotatable bonds is 11. The Morgan fingerprint density at radius 1 is 1.08 bits per heavy atom. The van der Waals surface area contributed by atoms with E-state index in [2.05, 4.69) is 4.37 Å². The van der Waals surface area contributed by atoms with E-state index in [9.17, 15) is 9.59 Å². The summed E-state index contributed by atoms with van der Waals surface area (Å²) < 4.78 is 15.9. The molecule has 2 aromatic carbocycles. The smallest absolute Gasteiger partial charge is 0.303 e. The van der Waals surface area contributed by atoms with Crippen LogP contribution in [0, 0.1) is 0 Å². The van der Waals surface area contributed by atoms with E-state index in [0.29, 0.717) is 24.3 Å². The van der Waals surface area contributed by atoms with Gasteiger partial charge in [0.05, 0.1) is 18.4 Å². The molecule has 0 aliphatic carbocycles. The average Bonchev–Trinajstić information content (AvgIpc) is 3.57. The quantitative estimate of drug-likeness (QED) is 0.267. The van der Waals surface area contributed by atoms with Crippen LogP contribution in [0.1, 0.15) is 46.8 Å². The highest BCUT2D eigenvalue weighted by molar-refractivity contribution is 7.05. The van der Waals surface area contributed by atoms with Gasteiger partial charge < -0.3 is 19.2 Å². The zero-order chi connectivity index (χ0) is 25.5. The van der Waals surface area contributed by atoms with Gasteiger partial charge in [-0.15, -0.1) is 0 Å². The second-order valence-corrected chi connectivity index (χ2v) is 9.55. The molecule has 0 saturated heterocycles. The molecule has 4 aromatic rings. The molecule has 1 N–H and O–H groups in total. The van der Waals surface area contributed by atoms with Gasteiger partial charge in [0.25, 0.3) is 5.91 Å². The molecular weight excluding hydrogens is 476 g/mol. The molecule has 7 nitrogen and oxygen atoms in total. The Kier molecular flexibility index (Phi) is 8.17. The first-order valence-electron chi connectivity index (χ1n) is 11.7. The van der Waals surface area contributed by atoms with Crippen molar-refractivity contribution < 1.29 is 23.8 Å². The van der Waals surface area contributed by atoms with Crippen molar-refractivity contribution in [3.8, 4) is 17.1 Å². The van der Waals surface area contributed by atoms with Crippen LogP contribution >= 0.6 is 11.5 Å². The number of para-hydroxylation sites is 1. The first kappa shape index (κ1) is 25.2. The Labute approximate surface area is 214 Å². The maximum absolute atomic E-state index is 13.4. The first-order chi connectivity index (χ1) is 17.4. The number of benzene rings is 2. The Morgan fingerprint density at radius 3 is 2.56 bits per heavy atom. The molecule has 0 aliphatic rings. The van der Waals surface area contributed by atoms with Crippen molar-refractivity contribution in [1.29, 1.82) is 0 Å². The number of nitrogens with zero attached hydrogens (tertiary/aromatic N) is 2. The van der Waals surface area contributed by atoms with Gasteiger partial charge >= 0.3 is 5.97 Å². The van der Waals surface area contributed by atoms with E-state index in [-0.39, 0.29) is 25.0 Å². The van der Waals surface area contributed by atoms with Crippen molar-refractivity contribution in [3.05, 3.63) is 94.7 Å². The van der Waals surface area contributed by atoms with Gasteiger partial charge in [0.15, 0.2) is 0 Å². The third-order valence-electron chi connectivity index (χ3n) is 5.70. The number of amides is 1. The van der Waals surface area contributed by atoms with Crippen molar-refractivity contribution in [1.82, 2.24) is 9.27 Å². The highest BCUT2D eigenvalue weighted by Crippen LogP contribution is 2.25. The maximum Gasteiger partial charge on any atom is 0.303 e. The molecule has 0 radical (unpaired) electrons. The van der Waals surface area contributed by atoms with Crippen LogP contribution in [0.15, 0.2) is 77.4 Å². The van der Waals surface area contributed by atoms with Gasteiger partial charge in [-0.1, -0.05) is 30.3 Å². The zero-order valence-corrected chi connectivity index (χ0v) is 21.0. The Hall–Kier alpha value is -3.91. The van der Waals surface area contributed by atoms with Gasteiger partial charge in [0.1, 0.15) is 18.1 Å². The average molecular weight is 505 g/mol. The van der Waals surface area contributed by atoms with E-state index in [1.807, 2.05) is 85.5 Å². The van der Waals surface area contributed by atoms with Crippen LogP contribution in [0.25, 0.3) is 11.3 Å².